The molecule has 0 saturated carbocycles. The lowest BCUT2D eigenvalue weighted by molar-refractivity contribution is -0.0502. The lowest BCUT2D eigenvalue weighted by atomic mass is 10.1. The Kier molecular flexibility index (Phi) is 4.10. The van der Waals surface area contributed by atoms with Gasteiger partial charge in [0.15, 0.2) is 5.65 Å². The summed E-state index contributed by atoms with van der Waals surface area (Å²) in [5.74, 6) is -0.133. The summed E-state index contributed by atoms with van der Waals surface area (Å²) < 4.78 is 7.66. The van der Waals surface area contributed by atoms with Crippen LogP contribution in [0.2, 0.25) is 0 Å². The summed E-state index contributed by atoms with van der Waals surface area (Å²) in [7, 11) is 0. The van der Waals surface area contributed by atoms with Gasteiger partial charge in [0.1, 0.15) is 5.69 Å². The Hall–Kier alpha value is -2.77. The van der Waals surface area contributed by atoms with Crippen molar-refractivity contribution in [2.45, 2.75) is 24.6 Å². The summed E-state index contributed by atoms with van der Waals surface area (Å²) in [5, 5.41) is 7.36. The van der Waals surface area contributed by atoms with Crippen molar-refractivity contribution in [2.75, 3.05) is 19.7 Å². The molecule has 1 N–H and O–H groups in total. The molecule has 4 heterocycles. The Morgan fingerprint density at radius 2 is 2.04 bits per heavy atom. The molecule has 7 nitrogen and oxygen atoms in total. The number of benzene rings is 1. The number of aromatic nitrogens is 3. The molecular weight excluding hydrogens is 342 g/mol. The van der Waals surface area contributed by atoms with Crippen LogP contribution in [0, 0.1) is 0 Å². The van der Waals surface area contributed by atoms with Gasteiger partial charge in [0.2, 0.25) is 0 Å². The zero-order valence-electron chi connectivity index (χ0n) is 14.9. The van der Waals surface area contributed by atoms with E-state index in [4.69, 9.17) is 4.74 Å². The van der Waals surface area contributed by atoms with E-state index in [1.807, 2.05) is 30.3 Å². The van der Waals surface area contributed by atoms with Crippen molar-refractivity contribution in [3.63, 3.8) is 0 Å². The van der Waals surface area contributed by atoms with Crippen LogP contribution < -0.4 is 5.32 Å². The molecule has 0 aliphatic carbocycles. The fourth-order valence-electron chi connectivity index (χ4n) is 4.09. The van der Waals surface area contributed by atoms with E-state index in [1.54, 1.807) is 16.9 Å². The molecule has 2 fully saturated rings. The second kappa shape index (κ2) is 6.75. The van der Waals surface area contributed by atoms with Crippen LogP contribution in [0.5, 0.6) is 0 Å². The molecule has 3 atom stereocenters. The molecule has 2 saturated heterocycles. The Balaban J connectivity index is 1.25. The first kappa shape index (κ1) is 16.4. The van der Waals surface area contributed by atoms with Crippen molar-refractivity contribution in [3.05, 3.63) is 66.1 Å². The molecule has 7 heteroatoms. The first-order valence-electron chi connectivity index (χ1n) is 9.28. The van der Waals surface area contributed by atoms with Crippen LogP contribution in [0.25, 0.3) is 5.65 Å². The molecule has 2 aliphatic rings. The first-order chi connectivity index (χ1) is 13.3. The van der Waals surface area contributed by atoms with Gasteiger partial charge < -0.3 is 10.1 Å². The highest BCUT2D eigenvalue weighted by Gasteiger charge is 2.38. The summed E-state index contributed by atoms with van der Waals surface area (Å²) in [6.45, 7) is 2.40. The van der Waals surface area contributed by atoms with E-state index >= 15 is 0 Å². The Bertz CT molecular complexity index is 957. The van der Waals surface area contributed by atoms with Gasteiger partial charge in [0.05, 0.1) is 18.9 Å². The molecule has 2 aliphatic heterocycles. The number of ether oxygens (including phenoxy) is 1. The van der Waals surface area contributed by atoms with Gasteiger partial charge in [-0.2, -0.15) is 5.10 Å². The van der Waals surface area contributed by atoms with Crippen molar-refractivity contribution < 1.29 is 9.53 Å². The van der Waals surface area contributed by atoms with Gasteiger partial charge in [0.25, 0.3) is 5.91 Å². The van der Waals surface area contributed by atoms with Gasteiger partial charge in [0, 0.05) is 31.4 Å². The molecule has 0 radical (unpaired) electrons. The van der Waals surface area contributed by atoms with Crippen LogP contribution in [0.15, 0.2) is 54.9 Å². The van der Waals surface area contributed by atoms with Crippen molar-refractivity contribution in [1.82, 2.24) is 24.8 Å². The average molecular weight is 363 g/mol. The largest absolute Gasteiger partial charge is 0.371 e. The minimum Gasteiger partial charge on any atom is -0.371 e. The number of carbonyl (C=O) groups excluding carboxylic acids is 1. The van der Waals surface area contributed by atoms with Crippen LogP contribution in [0.4, 0.5) is 0 Å². The maximum atomic E-state index is 12.7. The third-order valence-electron chi connectivity index (χ3n) is 5.44. The standard InChI is InChI=1S/C20H21N5O2/c26-20(17-10-21-19-7-4-8-22-25(17)19)23-15-9-16-13-27-18(12-24(16)11-15)14-5-2-1-3-6-14/h1-8,10,15-16,18H,9,11-13H2,(H,23,26)/t15-,16+,18-/m1/s1. The number of hydrogen-bond acceptors (Lipinski definition) is 5. The van der Waals surface area contributed by atoms with Gasteiger partial charge in [-0.15, -0.1) is 0 Å². The molecule has 138 valence electrons. The minimum atomic E-state index is -0.133. The van der Waals surface area contributed by atoms with Gasteiger partial charge >= 0.3 is 0 Å². The molecule has 3 aromatic rings. The number of imidazole rings is 1. The first-order valence-corrected chi connectivity index (χ1v) is 9.28. The summed E-state index contributed by atoms with van der Waals surface area (Å²) in [4.78, 5) is 19.4. The summed E-state index contributed by atoms with van der Waals surface area (Å²) in [6.07, 6.45) is 4.23. The number of fused-ring (bicyclic) bond motifs is 2. The molecule has 1 amide bonds. The third kappa shape index (κ3) is 3.09. The Morgan fingerprint density at radius 3 is 2.93 bits per heavy atom. The maximum Gasteiger partial charge on any atom is 0.271 e. The van der Waals surface area contributed by atoms with E-state index in [1.165, 1.54) is 5.56 Å². The van der Waals surface area contributed by atoms with Gasteiger partial charge in [-0.3, -0.25) is 9.69 Å². The number of morpholine rings is 1. The molecular formula is C20H21N5O2. The number of nitrogens with zero attached hydrogens (tertiary/aromatic N) is 4. The summed E-state index contributed by atoms with van der Waals surface area (Å²) >= 11 is 0. The van der Waals surface area contributed by atoms with Crippen LogP contribution in [-0.4, -0.2) is 57.2 Å². The maximum absolute atomic E-state index is 12.7. The minimum absolute atomic E-state index is 0.0971. The summed E-state index contributed by atoms with van der Waals surface area (Å²) in [5.41, 5.74) is 2.35. The smallest absolute Gasteiger partial charge is 0.271 e. The highest BCUT2D eigenvalue weighted by Crippen LogP contribution is 2.30. The third-order valence-corrected chi connectivity index (χ3v) is 5.44. The molecule has 0 unspecified atom stereocenters. The lowest BCUT2D eigenvalue weighted by Gasteiger charge is -2.35. The van der Waals surface area contributed by atoms with Gasteiger partial charge in [-0.25, -0.2) is 9.50 Å². The monoisotopic (exact) mass is 363 g/mol. The molecule has 27 heavy (non-hydrogen) atoms. The SMILES string of the molecule is O=C(N[C@@H]1C[C@H]2CO[C@@H](c3ccccc3)CN2C1)c1cnc2cccnn12. The number of amides is 1. The predicted molar refractivity (Wildman–Crippen MR) is 99.4 cm³/mol. The van der Waals surface area contributed by atoms with Crippen molar-refractivity contribution in [1.29, 1.82) is 0 Å². The highest BCUT2D eigenvalue weighted by atomic mass is 16.5. The number of rotatable bonds is 3. The van der Waals surface area contributed by atoms with Crippen molar-refractivity contribution in [3.8, 4) is 0 Å². The topological polar surface area (TPSA) is 71.8 Å². The highest BCUT2D eigenvalue weighted by molar-refractivity contribution is 5.93. The molecule has 0 bridgehead atoms. The number of nitrogens with one attached hydrogen (secondary N) is 1. The van der Waals surface area contributed by atoms with Crippen LogP contribution in [-0.2, 0) is 4.74 Å². The van der Waals surface area contributed by atoms with E-state index in [0.29, 0.717) is 24.0 Å². The van der Waals surface area contributed by atoms with Crippen LogP contribution in [0.1, 0.15) is 28.6 Å². The number of hydrogen-bond donors (Lipinski definition) is 1. The number of carbonyl (C=O) groups is 1. The normalized spacial score (nSPS) is 25.4. The van der Waals surface area contributed by atoms with Gasteiger partial charge in [-0.1, -0.05) is 30.3 Å². The Morgan fingerprint density at radius 1 is 1.15 bits per heavy atom. The van der Waals surface area contributed by atoms with E-state index in [-0.39, 0.29) is 18.1 Å². The lowest BCUT2D eigenvalue weighted by Crippen LogP contribution is -2.43. The quantitative estimate of drug-likeness (QED) is 0.767. The molecule has 0 spiro atoms. The van der Waals surface area contributed by atoms with Gasteiger partial charge in [-0.05, 0) is 24.1 Å². The fraction of sp³-hybridized carbons (Fsp3) is 0.350. The second-order valence-electron chi connectivity index (χ2n) is 7.18. The predicted octanol–water partition coefficient (Wildman–Crippen LogP) is 1.67. The Labute approximate surface area is 157 Å². The van der Waals surface area contributed by atoms with Crippen molar-refractivity contribution in [2.24, 2.45) is 0 Å². The molecule has 5 rings (SSSR count). The van der Waals surface area contributed by atoms with E-state index in [0.717, 1.165) is 19.5 Å². The summed E-state index contributed by atoms with van der Waals surface area (Å²) in [6, 6.07) is 14.4. The molecule has 1 aromatic carbocycles. The van der Waals surface area contributed by atoms with Crippen molar-refractivity contribution >= 4 is 11.6 Å². The van der Waals surface area contributed by atoms with E-state index in [2.05, 4.69) is 32.4 Å². The van der Waals surface area contributed by atoms with E-state index in [9.17, 15) is 4.79 Å². The second-order valence-corrected chi connectivity index (χ2v) is 7.18. The van der Waals surface area contributed by atoms with E-state index < -0.39 is 0 Å². The zero-order chi connectivity index (χ0) is 18.2. The zero-order valence-corrected chi connectivity index (χ0v) is 14.9. The van der Waals surface area contributed by atoms with Crippen LogP contribution in [0.3, 0.4) is 0 Å². The fourth-order valence-corrected chi connectivity index (χ4v) is 4.09. The molecule has 2 aromatic heterocycles. The van der Waals surface area contributed by atoms with Crippen LogP contribution >= 0.6 is 0 Å². The average Bonchev–Trinajstić information content (AvgIpc) is 3.31.